The third-order valence-electron chi connectivity index (χ3n) is 5.05. The van der Waals surface area contributed by atoms with Crippen LogP contribution in [-0.4, -0.2) is 40.5 Å². The molecule has 1 heterocycles. The molecule has 0 saturated heterocycles. The number of nitrogens with zero attached hydrogens (tertiary/aromatic N) is 3. The van der Waals surface area contributed by atoms with E-state index < -0.39 is 5.56 Å². The Labute approximate surface area is 204 Å². The quantitative estimate of drug-likeness (QED) is 0.298. The van der Waals surface area contributed by atoms with Crippen molar-refractivity contribution in [1.29, 1.82) is 5.26 Å². The van der Waals surface area contributed by atoms with Crippen molar-refractivity contribution in [2.45, 2.75) is 5.16 Å². The van der Waals surface area contributed by atoms with Gasteiger partial charge in [0.15, 0.2) is 16.7 Å². The van der Waals surface area contributed by atoms with Crippen LogP contribution in [0.1, 0.15) is 5.56 Å². The number of hydrogen-bond acceptors (Lipinski definition) is 8. The summed E-state index contributed by atoms with van der Waals surface area (Å²) in [4.78, 5) is 30.6. The van der Waals surface area contributed by atoms with Crippen molar-refractivity contribution in [2.24, 2.45) is 0 Å². The SMILES string of the molecule is COc1ccc(-n2c(SCC(=O)Nc3cccc(C#N)c3)nc3ccc(O)cc3c2=O)cc1OC. The van der Waals surface area contributed by atoms with Crippen LogP contribution in [-0.2, 0) is 4.79 Å². The normalized spacial score (nSPS) is 10.5. The minimum absolute atomic E-state index is 0.0416. The number of ether oxygens (including phenoxy) is 2. The fourth-order valence-corrected chi connectivity index (χ4v) is 4.25. The zero-order valence-electron chi connectivity index (χ0n) is 18.8. The van der Waals surface area contributed by atoms with Gasteiger partial charge in [-0.1, -0.05) is 17.8 Å². The molecule has 0 radical (unpaired) electrons. The molecule has 10 heteroatoms. The molecule has 0 aliphatic carbocycles. The van der Waals surface area contributed by atoms with Gasteiger partial charge in [-0.2, -0.15) is 5.26 Å². The van der Waals surface area contributed by atoms with Gasteiger partial charge in [0.1, 0.15) is 5.75 Å². The van der Waals surface area contributed by atoms with Gasteiger partial charge < -0.3 is 19.9 Å². The maximum Gasteiger partial charge on any atom is 0.266 e. The maximum absolute atomic E-state index is 13.5. The van der Waals surface area contributed by atoms with Crippen LogP contribution >= 0.6 is 11.8 Å². The smallest absolute Gasteiger partial charge is 0.266 e. The molecule has 2 N–H and O–H groups in total. The number of anilines is 1. The third-order valence-corrected chi connectivity index (χ3v) is 5.99. The predicted molar refractivity (Wildman–Crippen MR) is 133 cm³/mol. The van der Waals surface area contributed by atoms with E-state index in [1.807, 2.05) is 6.07 Å². The van der Waals surface area contributed by atoms with Gasteiger partial charge in [0.25, 0.3) is 5.56 Å². The summed E-state index contributed by atoms with van der Waals surface area (Å²) in [5, 5.41) is 22.2. The van der Waals surface area contributed by atoms with Crippen LogP contribution in [0.25, 0.3) is 16.6 Å². The van der Waals surface area contributed by atoms with Gasteiger partial charge in [0.2, 0.25) is 5.91 Å². The highest BCUT2D eigenvalue weighted by molar-refractivity contribution is 7.99. The van der Waals surface area contributed by atoms with Crippen molar-refractivity contribution in [1.82, 2.24) is 9.55 Å². The highest BCUT2D eigenvalue weighted by Crippen LogP contribution is 2.31. The van der Waals surface area contributed by atoms with Gasteiger partial charge in [-0.15, -0.1) is 0 Å². The van der Waals surface area contributed by atoms with Crippen molar-refractivity contribution in [3.63, 3.8) is 0 Å². The van der Waals surface area contributed by atoms with Crippen LogP contribution in [0.3, 0.4) is 0 Å². The number of carbonyl (C=O) groups is 1. The monoisotopic (exact) mass is 488 g/mol. The lowest BCUT2D eigenvalue weighted by Crippen LogP contribution is -2.23. The topological polar surface area (TPSA) is 126 Å². The number of nitriles is 1. The molecule has 0 unspecified atom stereocenters. The number of nitrogens with one attached hydrogen (secondary N) is 1. The molecule has 1 amide bonds. The Balaban J connectivity index is 1.72. The minimum atomic E-state index is -0.414. The number of carbonyl (C=O) groups excluding carboxylic acids is 1. The first kappa shape index (κ1) is 23.7. The van der Waals surface area contributed by atoms with E-state index in [0.29, 0.717) is 34.0 Å². The van der Waals surface area contributed by atoms with E-state index in [-0.39, 0.29) is 28.0 Å². The van der Waals surface area contributed by atoms with E-state index >= 15 is 0 Å². The van der Waals surface area contributed by atoms with Gasteiger partial charge in [-0.05, 0) is 48.5 Å². The summed E-state index contributed by atoms with van der Waals surface area (Å²) in [5.41, 5.74) is 1.35. The van der Waals surface area contributed by atoms with Gasteiger partial charge in [0.05, 0.1) is 48.2 Å². The van der Waals surface area contributed by atoms with Crippen molar-refractivity contribution in [3.8, 4) is 29.0 Å². The Bertz CT molecular complexity index is 1530. The van der Waals surface area contributed by atoms with E-state index in [4.69, 9.17) is 14.7 Å². The van der Waals surface area contributed by atoms with Crippen molar-refractivity contribution in [3.05, 3.63) is 76.6 Å². The molecule has 176 valence electrons. The lowest BCUT2D eigenvalue weighted by atomic mass is 10.2. The highest BCUT2D eigenvalue weighted by Gasteiger charge is 2.17. The molecule has 0 saturated carbocycles. The molecule has 0 fully saturated rings. The average molecular weight is 489 g/mol. The summed E-state index contributed by atoms with van der Waals surface area (Å²) in [6.07, 6.45) is 0. The zero-order chi connectivity index (χ0) is 24.9. The summed E-state index contributed by atoms with van der Waals surface area (Å²) in [6.45, 7) is 0. The molecule has 4 aromatic rings. The van der Waals surface area contributed by atoms with Crippen LogP contribution in [0.4, 0.5) is 5.69 Å². The van der Waals surface area contributed by atoms with E-state index in [2.05, 4.69) is 10.3 Å². The number of benzene rings is 3. The maximum atomic E-state index is 13.5. The number of fused-ring (bicyclic) bond motifs is 1. The summed E-state index contributed by atoms with van der Waals surface area (Å²) in [6, 6.07) is 17.9. The summed E-state index contributed by atoms with van der Waals surface area (Å²) in [7, 11) is 3.00. The number of phenols is 1. The highest BCUT2D eigenvalue weighted by atomic mass is 32.2. The van der Waals surface area contributed by atoms with Crippen molar-refractivity contribution in [2.75, 3.05) is 25.3 Å². The number of aromatic hydroxyl groups is 1. The number of amides is 1. The van der Waals surface area contributed by atoms with Gasteiger partial charge in [0, 0.05) is 11.8 Å². The first-order valence-corrected chi connectivity index (χ1v) is 11.3. The second kappa shape index (κ2) is 10.2. The molecule has 35 heavy (non-hydrogen) atoms. The summed E-state index contributed by atoms with van der Waals surface area (Å²) < 4.78 is 12.0. The number of thioether (sulfide) groups is 1. The van der Waals surface area contributed by atoms with Crippen LogP contribution in [0.5, 0.6) is 17.2 Å². The second-order valence-corrected chi connectivity index (χ2v) is 8.25. The Kier molecular flexibility index (Phi) is 6.89. The fraction of sp³-hybridized carbons (Fsp3) is 0.120. The third kappa shape index (κ3) is 5.05. The number of methoxy groups -OCH3 is 2. The number of aromatic nitrogens is 2. The first-order valence-electron chi connectivity index (χ1n) is 10.3. The first-order chi connectivity index (χ1) is 16.9. The minimum Gasteiger partial charge on any atom is -0.508 e. The number of rotatable bonds is 7. The van der Waals surface area contributed by atoms with E-state index in [1.54, 1.807) is 48.5 Å². The molecule has 0 bridgehead atoms. The van der Waals surface area contributed by atoms with Crippen LogP contribution in [0, 0.1) is 11.3 Å². The summed E-state index contributed by atoms with van der Waals surface area (Å²) >= 11 is 1.08. The summed E-state index contributed by atoms with van der Waals surface area (Å²) in [5.74, 6) is 0.474. The molecule has 9 nitrogen and oxygen atoms in total. The van der Waals surface area contributed by atoms with Gasteiger partial charge in [-0.3, -0.25) is 14.2 Å². The largest absolute Gasteiger partial charge is 0.508 e. The zero-order valence-corrected chi connectivity index (χ0v) is 19.6. The molecule has 0 aliphatic heterocycles. The van der Waals surface area contributed by atoms with Crippen molar-refractivity contribution >= 4 is 34.3 Å². The molecule has 0 spiro atoms. The Morgan fingerprint density at radius 2 is 1.91 bits per heavy atom. The van der Waals surface area contributed by atoms with Gasteiger partial charge >= 0.3 is 0 Å². The van der Waals surface area contributed by atoms with E-state index in [0.717, 1.165) is 11.8 Å². The average Bonchev–Trinajstić information content (AvgIpc) is 2.87. The van der Waals surface area contributed by atoms with E-state index in [9.17, 15) is 14.7 Å². The van der Waals surface area contributed by atoms with Crippen LogP contribution in [0.2, 0.25) is 0 Å². The van der Waals surface area contributed by atoms with Crippen LogP contribution in [0.15, 0.2) is 70.6 Å². The predicted octanol–water partition coefficient (Wildman–Crippen LogP) is 3.71. The fourth-order valence-electron chi connectivity index (χ4n) is 3.44. The molecule has 4 rings (SSSR count). The van der Waals surface area contributed by atoms with Crippen molar-refractivity contribution < 1.29 is 19.4 Å². The molecule has 0 atom stereocenters. The molecule has 3 aromatic carbocycles. The molecular formula is C25H20N4O5S. The molecule has 0 aliphatic rings. The van der Waals surface area contributed by atoms with E-state index in [1.165, 1.54) is 30.9 Å². The van der Waals surface area contributed by atoms with Crippen LogP contribution < -0.4 is 20.3 Å². The van der Waals surface area contributed by atoms with Gasteiger partial charge in [-0.25, -0.2) is 4.98 Å². The Hall–Kier alpha value is -4.49. The Morgan fingerprint density at radius 3 is 2.66 bits per heavy atom. The lowest BCUT2D eigenvalue weighted by Gasteiger charge is -2.15. The molecule has 1 aromatic heterocycles. The molecular weight excluding hydrogens is 468 g/mol. The Morgan fingerprint density at radius 1 is 1.11 bits per heavy atom. The lowest BCUT2D eigenvalue weighted by molar-refractivity contribution is -0.113. The standard InChI is InChI=1S/C25H20N4O5S/c1-33-21-9-6-17(11-22(21)34-2)29-24(32)19-12-18(30)7-8-20(19)28-25(29)35-14-23(31)27-16-5-3-4-15(10-16)13-26/h3-12,30H,14H2,1-2H3,(H,27,31). The number of phenolic OH excluding ortho intramolecular Hbond substituents is 1. The number of hydrogen-bond donors (Lipinski definition) is 2. The second-order valence-electron chi connectivity index (χ2n) is 7.31.